The Morgan fingerprint density at radius 1 is 0.842 bits per heavy atom. The lowest BCUT2D eigenvalue weighted by Gasteiger charge is -2.20. The van der Waals surface area contributed by atoms with Gasteiger partial charge < -0.3 is 9.47 Å². The Morgan fingerprint density at radius 2 is 1.50 bits per heavy atom. The molecule has 7 heteroatoms. The Labute approximate surface area is 230 Å². The second-order valence-electron chi connectivity index (χ2n) is 8.34. The average Bonchev–Trinajstić information content (AvgIpc) is 3.40. The molecule has 190 valence electrons. The molecule has 0 aliphatic rings. The van der Waals surface area contributed by atoms with E-state index < -0.39 is 0 Å². The molecule has 5 nitrogen and oxygen atoms in total. The van der Waals surface area contributed by atoms with E-state index in [1.165, 1.54) is 11.3 Å². The van der Waals surface area contributed by atoms with E-state index in [1.807, 2.05) is 85.8 Å². The molecule has 38 heavy (non-hydrogen) atoms. The van der Waals surface area contributed by atoms with E-state index in [2.05, 4.69) is 0 Å². The number of thiazole rings is 1. The van der Waals surface area contributed by atoms with Crippen LogP contribution in [0.5, 0.6) is 11.5 Å². The average molecular weight is 541 g/mol. The van der Waals surface area contributed by atoms with Gasteiger partial charge in [-0.2, -0.15) is 0 Å². The molecule has 0 saturated heterocycles. The minimum atomic E-state index is -0.208. The molecule has 0 saturated carbocycles. The van der Waals surface area contributed by atoms with Gasteiger partial charge >= 0.3 is 0 Å². The Hall–Kier alpha value is -4.13. The largest absolute Gasteiger partial charge is 0.497 e. The van der Waals surface area contributed by atoms with Gasteiger partial charge in [0.25, 0.3) is 5.91 Å². The summed E-state index contributed by atoms with van der Waals surface area (Å²) in [5, 5.41) is 1.12. The Morgan fingerprint density at radius 3 is 2.13 bits per heavy atom. The summed E-state index contributed by atoms with van der Waals surface area (Å²) in [6.07, 6.45) is 0. The number of hydrogen-bond donors (Lipinski definition) is 0. The summed E-state index contributed by atoms with van der Waals surface area (Å²) in [4.78, 5) is 21.6. The van der Waals surface area contributed by atoms with Crippen molar-refractivity contribution in [2.45, 2.75) is 6.92 Å². The molecule has 4 aromatic carbocycles. The van der Waals surface area contributed by atoms with Crippen LogP contribution in [0.1, 0.15) is 17.3 Å². The first kappa shape index (κ1) is 25.5. The van der Waals surface area contributed by atoms with Crippen LogP contribution in [-0.2, 0) is 0 Å². The van der Waals surface area contributed by atoms with Gasteiger partial charge in [-0.05, 0) is 85.3 Å². The van der Waals surface area contributed by atoms with Crippen molar-refractivity contribution in [3.8, 4) is 33.2 Å². The lowest BCUT2D eigenvalue weighted by atomic mass is 10.1. The van der Waals surface area contributed by atoms with E-state index in [0.717, 1.165) is 33.2 Å². The zero-order chi connectivity index (χ0) is 26.5. The number of benzene rings is 4. The summed E-state index contributed by atoms with van der Waals surface area (Å²) in [6.45, 7) is 2.50. The quantitative estimate of drug-likeness (QED) is 0.198. The van der Waals surface area contributed by atoms with Crippen LogP contribution in [-0.4, -0.2) is 24.6 Å². The maximum atomic E-state index is 13.9. The van der Waals surface area contributed by atoms with E-state index >= 15 is 0 Å². The van der Waals surface area contributed by atoms with Gasteiger partial charge in [-0.1, -0.05) is 53.3 Å². The summed E-state index contributed by atoms with van der Waals surface area (Å²) < 4.78 is 11.0. The fourth-order valence-electron chi connectivity index (χ4n) is 4.03. The van der Waals surface area contributed by atoms with Gasteiger partial charge in [-0.25, -0.2) is 4.98 Å². The van der Waals surface area contributed by atoms with E-state index in [1.54, 1.807) is 36.3 Å². The normalized spacial score (nSPS) is 10.7. The fraction of sp³-hybridized carbons (Fsp3) is 0.0968. The monoisotopic (exact) mass is 540 g/mol. The molecule has 0 fully saturated rings. The predicted octanol–water partition coefficient (Wildman–Crippen LogP) is 8.52. The van der Waals surface area contributed by atoms with Crippen molar-refractivity contribution in [1.29, 1.82) is 0 Å². The molecular weight excluding hydrogens is 516 g/mol. The molecule has 0 atom stereocenters. The first-order valence-electron chi connectivity index (χ1n) is 12.1. The van der Waals surface area contributed by atoms with Gasteiger partial charge in [-0.15, -0.1) is 0 Å². The van der Waals surface area contributed by atoms with Gasteiger partial charge in [0.15, 0.2) is 5.13 Å². The first-order valence-corrected chi connectivity index (χ1v) is 13.3. The molecule has 0 aliphatic carbocycles. The maximum absolute atomic E-state index is 13.9. The smallest absolute Gasteiger partial charge is 0.264 e. The number of ether oxygens (including phenoxy) is 2. The van der Waals surface area contributed by atoms with Gasteiger partial charge in [0.2, 0.25) is 0 Å². The molecule has 0 spiro atoms. The van der Waals surface area contributed by atoms with Crippen molar-refractivity contribution in [1.82, 2.24) is 4.98 Å². The third-order valence-electron chi connectivity index (χ3n) is 5.91. The van der Waals surface area contributed by atoms with Crippen LogP contribution < -0.4 is 14.4 Å². The van der Waals surface area contributed by atoms with Crippen LogP contribution in [0, 0.1) is 0 Å². The standard InChI is InChI=1S/C31H25ClN2O3S/c1-3-37-27-19-15-25(16-20-27)34(30(35)23-9-13-24(32)14-10-23)31-33-28(21-11-17-26(36-2)18-12-21)29(38-31)22-7-5-4-6-8-22/h4-20H,3H2,1-2H3. The number of anilines is 2. The summed E-state index contributed by atoms with van der Waals surface area (Å²) >= 11 is 7.57. The SMILES string of the molecule is CCOc1ccc(N(C(=O)c2ccc(Cl)cc2)c2nc(-c3ccc(OC)cc3)c(-c3ccccc3)s2)cc1. The Kier molecular flexibility index (Phi) is 7.73. The molecular formula is C31H25ClN2O3S. The second kappa shape index (κ2) is 11.5. The summed E-state index contributed by atoms with van der Waals surface area (Å²) in [5.74, 6) is 1.29. The maximum Gasteiger partial charge on any atom is 0.264 e. The van der Waals surface area contributed by atoms with Crippen molar-refractivity contribution >= 4 is 39.7 Å². The Balaban J connectivity index is 1.66. The van der Waals surface area contributed by atoms with E-state index in [-0.39, 0.29) is 5.91 Å². The third-order valence-corrected chi connectivity index (χ3v) is 7.25. The molecule has 1 aromatic heterocycles. The summed E-state index contributed by atoms with van der Waals surface area (Å²) in [7, 11) is 1.64. The zero-order valence-electron chi connectivity index (χ0n) is 20.9. The van der Waals surface area contributed by atoms with Crippen molar-refractivity contribution in [2.75, 3.05) is 18.6 Å². The lowest BCUT2D eigenvalue weighted by molar-refractivity contribution is 0.0999. The molecule has 0 unspecified atom stereocenters. The van der Waals surface area contributed by atoms with Crippen LogP contribution in [0.3, 0.4) is 0 Å². The lowest BCUT2D eigenvalue weighted by Crippen LogP contribution is -2.25. The molecule has 0 radical (unpaired) electrons. The molecule has 0 bridgehead atoms. The van der Waals surface area contributed by atoms with E-state index in [9.17, 15) is 4.79 Å². The zero-order valence-corrected chi connectivity index (χ0v) is 22.5. The molecule has 0 aliphatic heterocycles. The van der Waals surface area contributed by atoms with Crippen LogP contribution in [0.4, 0.5) is 10.8 Å². The molecule has 5 aromatic rings. The van der Waals surface area contributed by atoms with Crippen LogP contribution in [0.25, 0.3) is 21.7 Å². The molecule has 1 amide bonds. The summed E-state index contributed by atoms with van der Waals surface area (Å²) in [5.41, 5.74) is 3.93. The van der Waals surface area contributed by atoms with Gasteiger partial charge in [0, 0.05) is 16.1 Å². The number of rotatable bonds is 8. The van der Waals surface area contributed by atoms with Gasteiger partial charge in [0.1, 0.15) is 11.5 Å². The van der Waals surface area contributed by atoms with E-state index in [4.69, 9.17) is 26.1 Å². The first-order chi connectivity index (χ1) is 18.6. The number of halogens is 1. The topological polar surface area (TPSA) is 51.7 Å². The highest BCUT2D eigenvalue weighted by Gasteiger charge is 2.26. The second-order valence-corrected chi connectivity index (χ2v) is 9.76. The molecule has 0 N–H and O–H groups in total. The van der Waals surface area contributed by atoms with Crippen LogP contribution in [0.15, 0.2) is 103 Å². The fourth-order valence-corrected chi connectivity index (χ4v) is 5.27. The number of amides is 1. The minimum absolute atomic E-state index is 0.208. The summed E-state index contributed by atoms with van der Waals surface area (Å²) in [6, 6.07) is 32.2. The molecule has 5 rings (SSSR count). The predicted molar refractivity (Wildman–Crippen MR) is 155 cm³/mol. The highest BCUT2D eigenvalue weighted by Crippen LogP contribution is 2.43. The van der Waals surface area contributed by atoms with Crippen molar-refractivity contribution in [2.24, 2.45) is 0 Å². The van der Waals surface area contributed by atoms with Crippen molar-refractivity contribution < 1.29 is 14.3 Å². The van der Waals surface area contributed by atoms with Crippen molar-refractivity contribution in [3.05, 3.63) is 114 Å². The number of carbonyl (C=O) groups excluding carboxylic acids is 1. The van der Waals surface area contributed by atoms with Gasteiger partial charge in [-0.3, -0.25) is 9.69 Å². The highest BCUT2D eigenvalue weighted by atomic mass is 35.5. The number of hydrogen-bond acceptors (Lipinski definition) is 5. The van der Waals surface area contributed by atoms with Gasteiger partial charge in [0.05, 0.1) is 30.0 Å². The van der Waals surface area contributed by atoms with E-state index in [0.29, 0.717) is 28.0 Å². The number of carbonyl (C=O) groups is 1. The van der Waals surface area contributed by atoms with Crippen molar-refractivity contribution in [3.63, 3.8) is 0 Å². The minimum Gasteiger partial charge on any atom is -0.497 e. The number of methoxy groups -OCH3 is 1. The highest BCUT2D eigenvalue weighted by molar-refractivity contribution is 7.19. The Bertz CT molecular complexity index is 1520. The van der Waals surface area contributed by atoms with Crippen LogP contribution in [0.2, 0.25) is 5.02 Å². The number of aromatic nitrogens is 1. The third kappa shape index (κ3) is 5.42. The molecule has 1 heterocycles. The van der Waals surface area contributed by atoms with Crippen LogP contribution >= 0.6 is 22.9 Å². The number of nitrogens with zero attached hydrogens (tertiary/aromatic N) is 2.